The molecule has 0 unspecified atom stereocenters. The second-order valence-electron chi connectivity index (χ2n) is 4.49. The molecule has 0 aliphatic carbocycles. The number of hydrogen-bond acceptors (Lipinski definition) is 0. The Morgan fingerprint density at radius 2 is 1.83 bits per heavy atom. The molecule has 0 atom stereocenters. The quantitative estimate of drug-likeness (QED) is 0.662. The van der Waals surface area contributed by atoms with Crippen molar-refractivity contribution >= 4 is 0 Å². The van der Waals surface area contributed by atoms with Gasteiger partial charge in [-0.15, -0.1) is 0 Å². The summed E-state index contributed by atoms with van der Waals surface area (Å²) in [6, 6.07) is 15.1. The van der Waals surface area contributed by atoms with Crippen molar-refractivity contribution < 1.29 is 4.39 Å². The third-order valence-corrected chi connectivity index (χ3v) is 3.09. The smallest absolute Gasteiger partial charge is 0.131 e. The molecular formula is C17H17F. The summed E-state index contributed by atoms with van der Waals surface area (Å²) < 4.78 is 14.1. The fourth-order valence-electron chi connectivity index (χ4n) is 1.94. The minimum Gasteiger partial charge on any atom is -0.206 e. The van der Waals surface area contributed by atoms with Crippen molar-refractivity contribution in [3.8, 4) is 11.1 Å². The largest absolute Gasteiger partial charge is 0.206 e. The van der Waals surface area contributed by atoms with Gasteiger partial charge in [-0.05, 0) is 37.5 Å². The zero-order chi connectivity index (χ0) is 13.0. The fourth-order valence-corrected chi connectivity index (χ4v) is 1.94. The van der Waals surface area contributed by atoms with Crippen LogP contribution in [0, 0.1) is 5.82 Å². The lowest BCUT2D eigenvalue weighted by Gasteiger charge is -2.07. The summed E-state index contributed by atoms with van der Waals surface area (Å²) in [4.78, 5) is 0. The predicted molar refractivity (Wildman–Crippen MR) is 75.0 cm³/mol. The van der Waals surface area contributed by atoms with Crippen molar-refractivity contribution in [2.45, 2.75) is 20.3 Å². The monoisotopic (exact) mass is 240 g/mol. The minimum absolute atomic E-state index is 0.150. The van der Waals surface area contributed by atoms with Crippen LogP contribution in [-0.4, -0.2) is 0 Å². The van der Waals surface area contributed by atoms with Crippen LogP contribution in [0.25, 0.3) is 11.1 Å². The van der Waals surface area contributed by atoms with Crippen molar-refractivity contribution in [3.63, 3.8) is 0 Å². The molecule has 0 amide bonds. The first-order valence-electron chi connectivity index (χ1n) is 6.16. The molecule has 0 radical (unpaired) electrons. The normalized spacial score (nSPS) is 11.6. The van der Waals surface area contributed by atoms with E-state index >= 15 is 0 Å². The first-order valence-corrected chi connectivity index (χ1v) is 6.16. The van der Waals surface area contributed by atoms with Crippen LogP contribution in [-0.2, 0) is 6.42 Å². The van der Waals surface area contributed by atoms with Crippen molar-refractivity contribution in [1.29, 1.82) is 0 Å². The van der Waals surface area contributed by atoms with E-state index in [0.29, 0.717) is 5.56 Å². The van der Waals surface area contributed by atoms with E-state index in [1.165, 1.54) is 5.57 Å². The molecule has 1 heteroatoms. The summed E-state index contributed by atoms with van der Waals surface area (Å²) in [5, 5.41) is 0. The highest BCUT2D eigenvalue weighted by molar-refractivity contribution is 5.64. The molecule has 0 aliphatic rings. The first kappa shape index (κ1) is 12.6. The molecule has 92 valence electrons. The SMILES string of the molecule is C/C=C(\C)Cc1ccc(-c2ccccc2)c(F)c1. The van der Waals surface area contributed by atoms with Gasteiger partial charge in [0, 0.05) is 5.56 Å². The third-order valence-electron chi connectivity index (χ3n) is 3.09. The zero-order valence-corrected chi connectivity index (χ0v) is 10.8. The Bertz CT molecular complexity index is 553. The average Bonchev–Trinajstić information content (AvgIpc) is 2.40. The Morgan fingerprint density at radius 3 is 2.44 bits per heavy atom. The lowest BCUT2D eigenvalue weighted by molar-refractivity contribution is 0.629. The van der Waals surface area contributed by atoms with Crippen LogP contribution in [0.2, 0.25) is 0 Å². The Balaban J connectivity index is 2.31. The van der Waals surface area contributed by atoms with Gasteiger partial charge in [-0.1, -0.05) is 54.1 Å². The van der Waals surface area contributed by atoms with Gasteiger partial charge in [-0.25, -0.2) is 4.39 Å². The van der Waals surface area contributed by atoms with Gasteiger partial charge in [0.05, 0.1) is 0 Å². The van der Waals surface area contributed by atoms with Crippen LogP contribution < -0.4 is 0 Å². The Labute approximate surface area is 108 Å². The van der Waals surface area contributed by atoms with E-state index in [1.807, 2.05) is 49.4 Å². The van der Waals surface area contributed by atoms with E-state index in [2.05, 4.69) is 13.0 Å². The molecule has 2 aromatic rings. The van der Waals surface area contributed by atoms with Gasteiger partial charge in [-0.3, -0.25) is 0 Å². The van der Waals surface area contributed by atoms with Gasteiger partial charge in [-0.2, -0.15) is 0 Å². The van der Waals surface area contributed by atoms with Crippen molar-refractivity contribution in [2.75, 3.05) is 0 Å². The van der Waals surface area contributed by atoms with Gasteiger partial charge in [0.25, 0.3) is 0 Å². The third kappa shape index (κ3) is 2.86. The Morgan fingerprint density at radius 1 is 1.11 bits per heavy atom. The highest BCUT2D eigenvalue weighted by Crippen LogP contribution is 2.24. The van der Waals surface area contributed by atoms with Gasteiger partial charge in [0.15, 0.2) is 0 Å². The summed E-state index contributed by atoms with van der Waals surface area (Å²) in [6.45, 7) is 4.06. The molecule has 2 rings (SSSR count). The molecule has 0 fully saturated rings. The Hall–Kier alpha value is -1.89. The second kappa shape index (κ2) is 5.63. The molecule has 0 spiro atoms. The molecule has 2 aromatic carbocycles. The highest BCUT2D eigenvalue weighted by Gasteiger charge is 2.05. The van der Waals surface area contributed by atoms with Crippen molar-refractivity contribution in [2.24, 2.45) is 0 Å². The molecule has 18 heavy (non-hydrogen) atoms. The zero-order valence-electron chi connectivity index (χ0n) is 10.8. The van der Waals surface area contributed by atoms with Crippen LogP contribution in [0.15, 0.2) is 60.2 Å². The van der Waals surface area contributed by atoms with Crippen molar-refractivity contribution in [1.82, 2.24) is 0 Å². The van der Waals surface area contributed by atoms with Crippen molar-refractivity contribution in [3.05, 3.63) is 71.6 Å². The van der Waals surface area contributed by atoms with Crippen LogP contribution in [0.1, 0.15) is 19.4 Å². The molecule has 0 N–H and O–H groups in total. The second-order valence-corrected chi connectivity index (χ2v) is 4.49. The van der Waals surface area contributed by atoms with E-state index in [9.17, 15) is 4.39 Å². The molecule has 0 saturated carbocycles. The summed E-state index contributed by atoms with van der Waals surface area (Å²) in [5.41, 5.74) is 3.85. The van der Waals surface area contributed by atoms with E-state index < -0.39 is 0 Å². The number of benzene rings is 2. The van der Waals surface area contributed by atoms with Crippen LogP contribution in [0.5, 0.6) is 0 Å². The molecular weight excluding hydrogens is 223 g/mol. The summed E-state index contributed by atoms with van der Waals surface area (Å²) in [6.07, 6.45) is 2.87. The fraction of sp³-hybridized carbons (Fsp3) is 0.176. The Kier molecular flexibility index (Phi) is 3.93. The first-order chi connectivity index (χ1) is 8.70. The standard InChI is InChI=1S/C17H17F/c1-3-13(2)11-14-9-10-16(17(18)12-14)15-7-5-4-6-8-15/h3-10,12H,11H2,1-2H3/b13-3+. The maximum absolute atomic E-state index is 14.1. The van der Waals surface area contributed by atoms with Crippen LogP contribution in [0.4, 0.5) is 4.39 Å². The van der Waals surface area contributed by atoms with Crippen LogP contribution >= 0.6 is 0 Å². The average molecular weight is 240 g/mol. The number of halogens is 1. The van der Waals surface area contributed by atoms with Gasteiger partial charge >= 0.3 is 0 Å². The molecule has 0 nitrogen and oxygen atoms in total. The lowest BCUT2D eigenvalue weighted by atomic mass is 10.0. The number of allylic oxidation sites excluding steroid dienone is 2. The minimum atomic E-state index is -0.150. The lowest BCUT2D eigenvalue weighted by Crippen LogP contribution is -1.91. The molecule has 0 saturated heterocycles. The highest BCUT2D eigenvalue weighted by atomic mass is 19.1. The molecule has 0 aromatic heterocycles. The summed E-state index contributed by atoms with van der Waals surface area (Å²) >= 11 is 0. The van der Waals surface area contributed by atoms with E-state index in [0.717, 1.165) is 17.5 Å². The maximum atomic E-state index is 14.1. The molecule has 0 heterocycles. The van der Waals surface area contributed by atoms with E-state index in [4.69, 9.17) is 0 Å². The van der Waals surface area contributed by atoms with Crippen LogP contribution in [0.3, 0.4) is 0 Å². The number of rotatable bonds is 3. The molecule has 0 aliphatic heterocycles. The topological polar surface area (TPSA) is 0 Å². The molecule has 0 bridgehead atoms. The number of hydrogen-bond donors (Lipinski definition) is 0. The summed E-state index contributed by atoms with van der Waals surface area (Å²) in [7, 11) is 0. The maximum Gasteiger partial charge on any atom is 0.131 e. The van der Waals surface area contributed by atoms with Gasteiger partial charge < -0.3 is 0 Å². The predicted octanol–water partition coefficient (Wildman–Crippen LogP) is 5.00. The van der Waals surface area contributed by atoms with Gasteiger partial charge in [0.2, 0.25) is 0 Å². The van der Waals surface area contributed by atoms with E-state index in [-0.39, 0.29) is 5.82 Å². The van der Waals surface area contributed by atoms with E-state index in [1.54, 1.807) is 6.07 Å². The summed E-state index contributed by atoms with van der Waals surface area (Å²) in [5.74, 6) is -0.150. The van der Waals surface area contributed by atoms with Gasteiger partial charge in [0.1, 0.15) is 5.82 Å².